The summed E-state index contributed by atoms with van der Waals surface area (Å²) in [6, 6.07) is 83.7. The third-order valence-corrected chi connectivity index (χ3v) is 16.1. The first kappa shape index (κ1) is 46.9. The zero-order valence-corrected chi connectivity index (χ0v) is 44.7. The molecule has 4 heteroatoms. The maximum absolute atomic E-state index is 7.13. The third-order valence-electron chi connectivity index (χ3n) is 16.1. The fraction of sp³-hybridized carbons (Fsp3) is 0.0811. The van der Waals surface area contributed by atoms with Crippen molar-refractivity contribution in [1.82, 2.24) is 0 Å². The lowest BCUT2D eigenvalue weighted by molar-refractivity contribution is 0.658. The monoisotopic (exact) mass is 1000 g/mol. The molecular formula is C74H56N2O2. The Morgan fingerprint density at radius 1 is 0.269 bits per heavy atom. The van der Waals surface area contributed by atoms with Gasteiger partial charge in [-0.25, -0.2) is 0 Å². The van der Waals surface area contributed by atoms with Crippen molar-refractivity contribution < 1.29 is 8.83 Å². The first-order valence-corrected chi connectivity index (χ1v) is 27.0. The molecule has 2 aromatic heterocycles. The van der Waals surface area contributed by atoms with E-state index in [0.717, 1.165) is 99.3 Å². The summed E-state index contributed by atoms with van der Waals surface area (Å²) >= 11 is 0. The van der Waals surface area contributed by atoms with Crippen molar-refractivity contribution in [3.8, 4) is 33.4 Å². The van der Waals surface area contributed by atoms with Gasteiger partial charge in [0.05, 0.1) is 16.9 Å². The zero-order valence-electron chi connectivity index (χ0n) is 44.7. The minimum Gasteiger partial charge on any atom is -0.455 e. The third kappa shape index (κ3) is 7.82. The summed E-state index contributed by atoms with van der Waals surface area (Å²) in [7, 11) is 0. The standard InChI is InChI=1S/C74H56N2O2/c1-45-28-30-56(51-22-10-7-11-23-51)40-66(45)75(71-47(3)18-16-19-48(71)4)60-34-32-54-38-62-64-44-65-63-39-55-33-35-61(76(72-49(5)20-17-21-50(72)6)67-41-57(31-29-46(67)2)52-24-12-8-13-25-52)37-59(55)43-69(63)78-74(65)70(53-26-14-9-15-27-53)73(64)77-68(62)42-58(54)36-60/h7-44H,1-6H3. The van der Waals surface area contributed by atoms with Crippen LogP contribution in [0.2, 0.25) is 0 Å². The predicted octanol–water partition coefficient (Wildman–Crippen LogP) is 21.6. The molecule has 0 radical (unpaired) electrons. The Balaban J connectivity index is 0.929. The van der Waals surface area contributed by atoms with E-state index in [1.54, 1.807) is 0 Å². The maximum atomic E-state index is 7.13. The minimum atomic E-state index is 0.813. The average Bonchev–Trinajstić information content (AvgIpc) is 4.24. The van der Waals surface area contributed by atoms with Crippen LogP contribution < -0.4 is 9.80 Å². The fourth-order valence-electron chi connectivity index (χ4n) is 12.2. The molecule has 0 aliphatic heterocycles. The molecule has 14 rings (SSSR count). The highest BCUT2D eigenvalue weighted by atomic mass is 16.3. The topological polar surface area (TPSA) is 32.8 Å². The first-order valence-electron chi connectivity index (χ1n) is 27.0. The lowest BCUT2D eigenvalue weighted by Gasteiger charge is -2.30. The Morgan fingerprint density at radius 2 is 0.667 bits per heavy atom. The highest BCUT2D eigenvalue weighted by Gasteiger charge is 2.25. The summed E-state index contributed by atoms with van der Waals surface area (Å²) in [5.74, 6) is 0. The molecule has 0 amide bonds. The van der Waals surface area contributed by atoms with Crippen LogP contribution in [0.5, 0.6) is 0 Å². The summed E-state index contributed by atoms with van der Waals surface area (Å²) in [6.07, 6.45) is 0. The molecule has 12 aromatic carbocycles. The van der Waals surface area contributed by atoms with E-state index in [-0.39, 0.29) is 0 Å². The molecule has 0 N–H and O–H groups in total. The van der Waals surface area contributed by atoms with Crippen LogP contribution in [0.15, 0.2) is 239 Å². The van der Waals surface area contributed by atoms with Gasteiger partial charge in [0.25, 0.3) is 0 Å². The molecule has 0 aliphatic carbocycles. The number of hydrogen-bond acceptors (Lipinski definition) is 4. The van der Waals surface area contributed by atoms with Gasteiger partial charge in [-0.3, -0.25) is 0 Å². The quantitative estimate of drug-likeness (QED) is 0.144. The second-order valence-corrected chi connectivity index (χ2v) is 21.2. The molecule has 0 bridgehead atoms. The van der Waals surface area contributed by atoms with Crippen LogP contribution >= 0.6 is 0 Å². The number of benzene rings is 12. The molecule has 0 fully saturated rings. The van der Waals surface area contributed by atoms with Crippen LogP contribution in [0.3, 0.4) is 0 Å². The Bertz CT molecular complexity index is 4370. The summed E-state index contributed by atoms with van der Waals surface area (Å²) in [4.78, 5) is 4.89. The molecule has 0 atom stereocenters. The van der Waals surface area contributed by atoms with Gasteiger partial charge < -0.3 is 18.6 Å². The fourth-order valence-corrected chi connectivity index (χ4v) is 12.2. The van der Waals surface area contributed by atoms with Crippen molar-refractivity contribution in [3.63, 3.8) is 0 Å². The lowest BCUT2D eigenvalue weighted by Crippen LogP contribution is -2.14. The zero-order chi connectivity index (χ0) is 52.8. The summed E-state index contributed by atoms with van der Waals surface area (Å²) < 4.78 is 14.3. The Labute approximate surface area is 454 Å². The number of furan rings is 2. The van der Waals surface area contributed by atoms with E-state index in [4.69, 9.17) is 8.83 Å². The van der Waals surface area contributed by atoms with E-state index < -0.39 is 0 Å². The van der Waals surface area contributed by atoms with Crippen LogP contribution in [-0.2, 0) is 0 Å². The predicted molar refractivity (Wildman–Crippen MR) is 330 cm³/mol. The summed E-state index contributed by atoms with van der Waals surface area (Å²) in [6.45, 7) is 13.3. The number of rotatable bonds is 9. The van der Waals surface area contributed by atoms with Crippen molar-refractivity contribution in [2.24, 2.45) is 0 Å². The van der Waals surface area contributed by atoms with E-state index in [1.807, 2.05) is 0 Å². The van der Waals surface area contributed by atoms with Gasteiger partial charge in [0.15, 0.2) is 0 Å². The number of aryl methyl sites for hydroxylation is 6. The van der Waals surface area contributed by atoms with Gasteiger partial charge in [0, 0.05) is 44.3 Å². The van der Waals surface area contributed by atoms with Crippen LogP contribution in [0.25, 0.3) is 98.8 Å². The van der Waals surface area contributed by atoms with Gasteiger partial charge in [0.1, 0.15) is 22.3 Å². The summed E-state index contributed by atoms with van der Waals surface area (Å²) in [5.41, 5.74) is 24.1. The number of fused-ring (bicyclic) bond motifs is 8. The molecule has 14 aromatic rings. The maximum Gasteiger partial charge on any atom is 0.147 e. The largest absolute Gasteiger partial charge is 0.455 e. The molecule has 0 saturated carbocycles. The van der Waals surface area contributed by atoms with Crippen LogP contribution in [0.1, 0.15) is 33.4 Å². The van der Waals surface area contributed by atoms with E-state index in [0.29, 0.717) is 0 Å². The van der Waals surface area contributed by atoms with Crippen molar-refractivity contribution in [2.75, 3.05) is 9.80 Å². The van der Waals surface area contributed by atoms with Gasteiger partial charge in [-0.2, -0.15) is 0 Å². The second kappa shape index (κ2) is 18.6. The van der Waals surface area contributed by atoms with Crippen molar-refractivity contribution in [2.45, 2.75) is 41.5 Å². The van der Waals surface area contributed by atoms with Crippen LogP contribution in [0.4, 0.5) is 34.1 Å². The first-order chi connectivity index (χ1) is 38.1. The van der Waals surface area contributed by atoms with E-state index in [9.17, 15) is 0 Å². The number of para-hydroxylation sites is 2. The molecular weight excluding hydrogens is 949 g/mol. The number of hydrogen-bond donors (Lipinski definition) is 0. The highest BCUT2D eigenvalue weighted by Crippen LogP contribution is 2.49. The van der Waals surface area contributed by atoms with Crippen molar-refractivity contribution in [3.05, 3.63) is 264 Å². The van der Waals surface area contributed by atoms with Gasteiger partial charge >= 0.3 is 0 Å². The van der Waals surface area contributed by atoms with E-state index in [2.05, 4.69) is 282 Å². The number of nitrogens with zero attached hydrogens (tertiary/aromatic N) is 2. The SMILES string of the molecule is Cc1ccc(-c2ccccc2)cc1N(c1ccc2cc3c(cc2c1)oc1c(-c2ccccc2)c2oc4cc5cc(N(c6cc(-c7ccccc7)ccc6C)c6c(C)cccc6C)ccc5cc4c2cc13)c1c(C)cccc1C. The normalized spacial score (nSPS) is 11.7. The second-order valence-electron chi connectivity index (χ2n) is 21.2. The van der Waals surface area contributed by atoms with Crippen molar-refractivity contribution >= 4 is 99.5 Å². The Hall–Kier alpha value is -9.64. The smallest absolute Gasteiger partial charge is 0.147 e. The highest BCUT2D eigenvalue weighted by molar-refractivity contribution is 6.24. The van der Waals surface area contributed by atoms with E-state index >= 15 is 0 Å². The molecule has 0 aliphatic rings. The molecule has 2 heterocycles. The molecule has 374 valence electrons. The minimum absolute atomic E-state index is 0.813. The van der Waals surface area contributed by atoms with Crippen molar-refractivity contribution in [1.29, 1.82) is 0 Å². The molecule has 78 heavy (non-hydrogen) atoms. The summed E-state index contributed by atoms with van der Waals surface area (Å²) in [5, 5.41) is 8.74. The van der Waals surface area contributed by atoms with Gasteiger partial charge in [0.2, 0.25) is 0 Å². The van der Waals surface area contributed by atoms with Gasteiger partial charge in [-0.15, -0.1) is 0 Å². The molecule has 0 saturated heterocycles. The van der Waals surface area contributed by atoms with Crippen LogP contribution in [0, 0.1) is 41.5 Å². The van der Waals surface area contributed by atoms with Gasteiger partial charge in [-0.1, -0.05) is 164 Å². The van der Waals surface area contributed by atoms with E-state index in [1.165, 1.54) is 67.0 Å². The van der Waals surface area contributed by atoms with Gasteiger partial charge in [-0.05, 0) is 191 Å². The average molecular weight is 1010 g/mol. The Morgan fingerprint density at radius 3 is 1.08 bits per heavy atom. The lowest BCUT2D eigenvalue weighted by atomic mass is 9.97. The molecule has 4 nitrogen and oxygen atoms in total. The number of anilines is 6. The molecule has 0 unspecified atom stereocenters. The Kier molecular flexibility index (Phi) is 11.2. The van der Waals surface area contributed by atoms with Crippen LogP contribution in [-0.4, -0.2) is 0 Å². The molecule has 0 spiro atoms.